The van der Waals surface area contributed by atoms with Crippen LogP contribution in [0.15, 0.2) is 16.7 Å². The number of aromatic nitrogens is 1. The van der Waals surface area contributed by atoms with E-state index in [1.807, 2.05) is 7.05 Å². The van der Waals surface area contributed by atoms with Gasteiger partial charge in [0.2, 0.25) is 5.82 Å². The molecule has 0 radical (unpaired) electrons. The zero-order chi connectivity index (χ0) is 12.1. The summed E-state index contributed by atoms with van der Waals surface area (Å²) in [6.07, 6.45) is 1.55. The number of hydrogen-bond acceptors (Lipinski definition) is 5. The van der Waals surface area contributed by atoms with E-state index in [0.29, 0.717) is 16.8 Å². The Morgan fingerprint density at radius 3 is 2.94 bits per heavy atom. The second-order valence-electron chi connectivity index (χ2n) is 3.28. The van der Waals surface area contributed by atoms with Gasteiger partial charge in [-0.1, -0.05) is 0 Å². The molecule has 0 aliphatic rings. The lowest BCUT2D eigenvalue weighted by atomic mass is 10.3. The predicted octanol–water partition coefficient (Wildman–Crippen LogP) is 1.41. The van der Waals surface area contributed by atoms with Crippen LogP contribution in [0, 0.1) is 10.1 Å². The molecular formula is C9H13BrN4O2. The highest BCUT2D eigenvalue weighted by atomic mass is 79.9. The van der Waals surface area contributed by atoms with Gasteiger partial charge in [0.05, 0.1) is 4.92 Å². The molecule has 0 aliphatic heterocycles. The number of pyridine rings is 1. The van der Waals surface area contributed by atoms with Crippen LogP contribution in [0.1, 0.15) is 0 Å². The first kappa shape index (κ1) is 12.9. The van der Waals surface area contributed by atoms with E-state index in [1.165, 1.54) is 6.07 Å². The van der Waals surface area contributed by atoms with Crippen LogP contribution in [-0.4, -0.2) is 37.1 Å². The number of nitrogens with zero attached hydrogens (tertiary/aromatic N) is 3. The maximum atomic E-state index is 10.9. The molecule has 6 nitrogen and oxygen atoms in total. The molecule has 1 aromatic rings. The summed E-state index contributed by atoms with van der Waals surface area (Å²) in [5.41, 5.74) is 0.00739. The zero-order valence-electron chi connectivity index (χ0n) is 9.11. The van der Waals surface area contributed by atoms with Crippen molar-refractivity contribution < 1.29 is 4.92 Å². The van der Waals surface area contributed by atoms with Crippen LogP contribution in [-0.2, 0) is 0 Å². The highest BCUT2D eigenvalue weighted by Gasteiger charge is 2.18. The minimum Gasteiger partial charge on any atom is -0.353 e. The Balaban J connectivity index is 2.98. The van der Waals surface area contributed by atoms with E-state index in [1.54, 1.807) is 18.1 Å². The van der Waals surface area contributed by atoms with Gasteiger partial charge in [-0.15, -0.1) is 0 Å². The average molecular weight is 289 g/mol. The molecule has 0 unspecified atom stereocenters. The van der Waals surface area contributed by atoms with Crippen molar-refractivity contribution in [3.63, 3.8) is 0 Å². The molecule has 0 saturated carbocycles. The third-order valence-electron chi connectivity index (χ3n) is 2.07. The SMILES string of the molecule is CNCCN(C)c1ncc(Br)cc1[N+](=O)[O-]. The Morgan fingerprint density at radius 1 is 1.69 bits per heavy atom. The van der Waals surface area contributed by atoms with E-state index >= 15 is 0 Å². The topological polar surface area (TPSA) is 71.3 Å². The number of halogens is 1. The summed E-state index contributed by atoms with van der Waals surface area (Å²) in [5, 5.41) is 13.8. The molecule has 0 aromatic carbocycles. The summed E-state index contributed by atoms with van der Waals surface area (Å²) in [6, 6.07) is 1.46. The van der Waals surface area contributed by atoms with Crippen LogP contribution < -0.4 is 10.2 Å². The number of hydrogen-bond donors (Lipinski definition) is 1. The Kier molecular flexibility index (Phi) is 4.63. The zero-order valence-corrected chi connectivity index (χ0v) is 10.7. The molecule has 1 aromatic heterocycles. The minimum absolute atomic E-state index is 0.00739. The number of nitrogens with one attached hydrogen (secondary N) is 1. The monoisotopic (exact) mass is 288 g/mol. The van der Waals surface area contributed by atoms with Crippen molar-refractivity contribution in [2.24, 2.45) is 0 Å². The van der Waals surface area contributed by atoms with E-state index < -0.39 is 4.92 Å². The second kappa shape index (κ2) is 5.76. The minimum atomic E-state index is -0.428. The summed E-state index contributed by atoms with van der Waals surface area (Å²) >= 11 is 3.17. The van der Waals surface area contributed by atoms with Gasteiger partial charge >= 0.3 is 5.69 Å². The Bertz CT molecular complexity index is 386. The predicted molar refractivity (Wildman–Crippen MR) is 65.8 cm³/mol. The average Bonchev–Trinajstić information content (AvgIpc) is 2.25. The third kappa shape index (κ3) is 3.14. The Morgan fingerprint density at radius 2 is 2.38 bits per heavy atom. The summed E-state index contributed by atoms with van der Waals surface area (Å²) in [5.74, 6) is 0.378. The lowest BCUT2D eigenvalue weighted by Gasteiger charge is -2.17. The fraction of sp³-hybridized carbons (Fsp3) is 0.444. The van der Waals surface area contributed by atoms with Gasteiger partial charge in [-0.25, -0.2) is 4.98 Å². The van der Waals surface area contributed by atoms with Crippen LogP contribution >= 0.6 is 15.9 Å². The summed E-state index contributed by atoms with van der Waals surface area (Å²) in [6.45, 7) is 1.40. The second-order valence-corrected chi connectivity index (χ2v) is 4.19. The normalized spacial score (nSPS) is 10.2. The van der Waals surface area contributed by atoms with Crippen molar-refractivity contribution in [3.8, 4) is 0 Å². The van der Waals surface area contributed by atoms with E-state index in [-0.39, 0.29) is 5.69 Å². The number of rotatable bonds is 5. The number of likely N-dealkylation sites (N-methyl/N-ethyl adjacent to an activating group) is 2. The number of nitro groups is 1. The summed E-state index contributed by atoms with van der Waals surface area (Å²) in [7, 11) is 3.61. The first-order valence-electron chi connectivity index (χ1n) is 4.72. The van der Waals surface area contributed by atoms with Gasteiger partial charge < -0.3 is 10.2 Å². The van der Waals surface area contributed by atoms with Crippen LogP contribution in [0.2, 0.25) is 0 Å². The smallest absolute Gasteiger partial charge is 0.312 e. The van der Waals surface area contributed by atoms with E-state index in [2.05, 4.69) is 26.2 Å². The lowest BCUT2D eigenvalue weighted by Crippen LogP contribution is -2.28. The molecule has 88 valence electrons. The van der Waals surface area contributed by atoms with Crippen LogP contribution in [0.5, 0.6) is 0 Å². The Hall–Kier alpha value is -1.21. The standard InChI is InChI=1S/C9H13BrN4O2/c1-11-3-4-13(2)9-8(14(15)16)5-7(10)6-12-9/h5-6,11H,3-4H2,1-2H3. The summed E-state index contributed by atoms with van der Waals surface area (Å²) < 4.78 is 0.602. The van der Waals surface area contributed by atoms with Crippen LogP contribution in [0.25, 0.3) is 0 Å². The molecule has 16 heavy (non-hydrogen) atoms. The Labute approximate surface area is 102 Å². The molecule has 7 heteroatoms. The van der Waals surface area contributed by atoms with Gasteiger partial charge in [-0.05, 0) is 23.0 Å². The van der Waals surface area contributed by atoms with E-state index in [0.717, 1.165) is 6.54 Å². The molecule has 0 saturated heterocycles. The maximum Gasteiger partial charge on any atom is 0.312 e. The molecule has 0 bridgehead atoms. The molecule has 0 amide bonds. The van der Waals surface area contributed by atoms with Crippen molar-refractivity contribution in [1.82, 2.24) is 10.3 Å². The molecule has 0 aliphatic carbocycles. The molecule has 1 heterocycles. The quantitative estimate of drug-likeness (QED) is 0.655. The number of anilines is 1. The molecule has 0 atom stereocenters. The van der Waals surface area contributed by atoms with Gasteiger partial charge in [0.25, 0.3) is 0 Å². The van der Waals surface area contributed by atoms with Gasteiger partial charge in [0.1, 0.15) is 0 Å². The van der Waals surface area contributed by atoms with Crippen molar-refractivity contribution in [2.45, 2.75) is 0 Å². The fourth-order valence-electron chi connectivity index (χ4n) is 1.24. The summed E-state index contributed by atoms with van der Waals surface area (Å²) in [4.78, 5) is 16.2. The molecular weight excluding hydrogens is 276 g/mol. The lowest BCUT2D eigenvalue weighted by molar-refractivity contribution is -0.384. The van der Waals surface area contributed by atoms with Gasteiger partial charge in [-0.2, -0.15) is 0 Å². The van der Waals surface area contributed by atoms with Crippen molar-refractivity contribution >= 4 is 27.4 Å². The van der Waals surface area contributed by atoms with Crippen molar-refractivity contribution in [2.75, 3.05) is 32.1 Å². The van der Waals surface area contributed by atoms with Gasteiger partial charge in [0.15, 0.2) is 0 Å². The van der Waals surface area contributed by atoms with Crippen molar-refractivity contribution in [1.29, 1.82) is 0 Å². The first-order valence-corrected chi connectivity index (χ1v) is 5.51. The van der Waals surface area contributed by atoms with Gasteiger partial charge in [-0.3, -0.25) is 10.1 Å². The first-order chi connectivity index (χ1) is 7.56. The maximum absolute atomic E-state index is 10.9. The van der Waals surface area contributed by atoms with E-state index in [9.17, 15) is 10.1 Å². The van der Waals surface area contributed by atoms with Crippen LogP contribution in [0.3, 0.4) is 0 Å². The third-order valence-corrected chi connectivity index (χ3v) is 2.50. The molecule has 0 spiro atoms. The molecule has 1 rings (SSSR count). The largest absolute Gasteiger partial charge is 0.353 e. The van der Waals surface area contributed by atoms with Gasteiger partial charge in [0, 0.05) is 36.9 Å². The molecule has 0 fully saturated rings. The highest BCUT2D eigenvalue weighted by molar-refractivity contribution is 9.10. The van der Waals surface area contributed by atoms with E-state index in [4.69, 9.17) is 0 Å². The van der Waals surface area contributed by atoms with Crippen molar-refractivity contribution in [3.05, 3.63) is 26.9 Å². The highest BCUT2D eigenvalue weighted by Crippen LogP contribution is 2.27. The fourth-order valence-corrected chi connectivity index (χ4v) is 1.55. The molecule has 1 N–H and O–H groups in total. The van der Waals surface area contributed by atoms with Crippen LogP contribution in [0.4, 0.5) is 11.5 Å².